The Labute approximate surface area is 162 Å². The minimum atomic E-state index is -0.174. The highest BCUT2D eigenvalue weighted by Crippen LogP contribution is 2.34. The molecule has 0 saturated heterocycles. The molecule has 0 saturated carbocycles. The van der Waals surface area contributed by atoms with E-state index in [0.717, 1.165) is 16.8 Å². The van der Waals surface area contributed by atoms with Gasteiger partial charge < -0.3 is 15.1 Å². The minimum absolute atomic E-state index is 0.0506. The molecule has 6 nitrogen and oxygen atoms in total. The van der Waals surface area contributed by atoms with Gasteiger partial charge in [-0.05, 0) is 12.0 Å². The highest BCUT2D eigenvalue weighted by atomic mass is 35.5. The van der Waals surface area contributed by atoms with Gasteiger partial charge in [0.1, 0.15) is 11.9 Å². The molecular formula is C18H21ClN4O2S. The number of amidine groups is 1. The van der Waals surface area contributed by atoms with E-state index in [0.29, 0.717) is 30.1 Å². The number of oxime groups is 1. The van der Waals surface area contributed by atoms with E-state index in [1.165, 1.54) is 11.8 Å². The van der Waals surface area contributed by atoms with Crippen molar-refractivity contribution in [1.82, 2.24) is 10.2 Å². The fraction of sp³-hybridized carbons (Fsp3) is 0.389. The molecule has 3 rings (SSSR count). The third-order valence-electron chi connectivity index (χ3n) is 4.13. The summed E-state index contributed by atoms with van der Waals surface area (Å²) in [6, 6.07) is 7.69. The van der Waals surface area contributed by atoms with E-state index in [1.807, 2.05) is 44.4 Å². The number of nitrogens with one attached hydrogen (secondary N) is 2. The Hall–Kier alpha value is -1.99. The van der Waals surface area contributed by atoms with E-state index < -0.39 is 0 Å². The van der Waals surface area contributed by atoms with Crippen LogP contribution in [-0.4, -0.2) is 53.8 Å². The molecule has 0 aromatic heterocycles. The van der Waals surface area contributed by atoms with Crippen LogP contribution in [-0.2, 0) is 9.63 Å². The Balaban J connectivity index is 1.50. The molecule has 2 aliphatic heterocycles. The van der Waals surface area contributed by atoms with Crippen molar-refractivity contribution in [3.05, 3.63) is 46.4 Å². The zero-order valence-corrected chi connectivity index (χ0v) is 16.2. The summed E-state index contributed by atoms with van der Waals surface area (Å²) >= 11 is 7.37. The number of rotatable bonds is 5. The van der Waals surface area contributed by atoms with Crippen LogP contribution in [0.25, 0.3) is 0 Å². The summed E-state index contributed by atoms with van der Waals surface area (Å²) < 4.78 is -0.0506. The van der Waals surface area contributed by atoms with Crippen molar-refractivity contribution in [2.45, 2.75) is 23.7 Å². The van der Waals surface area contributed by atoms with Gasteiger partial charge in [0.05, 0.1) is 21.9 Å². The predicted octanol–water partition coefficient (Wildman–Crippen LogP) is 2.77. The lowest BCUT2D eigenvalue weighted by Gasteiger charge is -2.13. The standard InChI is InChI=1S/C18H21ClN4O2S/c1-23(2)17(20)12-5-3-11(4-6-12)14-9-13(25-22-14)10-21-18(24)15-7-8-16(19)26-15/h3-7,13,16,20H,8-10H2,1-2H3,(H,21,24). The maximum absolute atomic E-state index is 12.1. The lowest BCUT2D eigenvalue weighted by Crippen LogP contribution is -2.32. The lowest BCUT2D eigenvalue weighted by atomic mass is 10.0. The summed E-state index contributed by atoms with van der Waals surface area (Å²) in [6.45, 7) is 0.403. The first-order chi connectivity index (χ1) is 12.4. The Bertz CT molecular complexity index is 761. The molecule has 0 bridgehead atoms. The van der Waals surface area contributed by atoms with Crippen LogP contribution in [0.4, 0.5) is 0 Å². The Morgan fingerprint density at radius 3 is 2.77 bits per heavy atom. The Kier molecular flexibility index (Phi) is 5.88. The molecule has 0 spiro atoms. The van der Waals surface area contributed by atoms with Crippen molar-refractivity contribution in [2.24, 2.45) is 5.16 Å². The van der Waals surface area contributed by atoms with Crippen LogP contribution in [0.1, 0.15) is 24.0 Å². The van der Waals surface area contributed by atoms with E-state index in [1.54, 1.807) is 4.90 Å². The van der Waals surface area contributed by atoms with Gasteiger partial charge in [-0.3, -0.25) is 10.2 Å². The van der Waals surface area contributed by atoms with Crippen LogP contribution >= 0.6 is 23.4 Å². The van der Waals surface area contributed by atoms with Crippen LogP contribution in [0.3, 0.4) is 0 Å². The second-order valence-corrected chi connectivity index (χ2v) is 8.36. The van der Waals surface area contributed by atoms with E-state index in [-0.39, 0.29) is 16.7 Å². The van der Waals surface area contributed by atoms with Crippen molar-refractivity contribution in [3.63, 3.8) is 0 Å². The fourth-order valence-electron chi connectivity index (χ4n) is 2.66. The Morgan fingerprint density at radius 1 is 1.42 bits per heavy atom. The summed E-state index contributed by atoms with van der Waals surface area (Å²) in [7, 11) is 3.69. The third-order valence-corrected chi connectivity index (χ3v) is 5.63. The van der Waals surface area contributed by atoms with E-state index in [2.05, 4.69) is 10.5 Å². The van der Waals surface area contributed by atoms with Gasteiger partial charge in [0, 0.05) is 26.1 Å². The predicted molar refractivity (Wildman–Crippen MR) is 106 cm³/mol. The number of benzene rings is 1. The molecule has 1 amide bonds. The lowest BCUT2D eigenvalue weighted by molar-refractivity contribution is -0.117. The number of carbonyl (C=O) groups is 1. The maximum Gasteiger partial charge on any atom is 0.257 e. The SMILES string of the molecule is CN(C)C(=N)c1ccc(C2=NOC(CNC(=O)C3=CCC(Cl)S3)C2)cc1. The molecule has 2 aliphatic rings. The summed E-state index contributed by atoms with van der Waals surface area (Å²) in [5.74, 6) is 0.349. The van der Waals surface area contributed by atoms with Gasteiger partial charge in [-0.15, -0.1) is 23.4 Å². The van der Waals surface area contributed by atoms with Gasteiger partial charge in [0.15, 0.2) is 0 Å². The highest BCUT2D eigenvalue weighted by molar-refractivity contribution is 8.05. The number of nitrogens with zero attached hydrogens (tertiary/aromatic N) is 2. The number of halogens is 1. The topological polar surface area (TPSA) is 77.8 Å². The number of alkyl halides is 1. The zero-order valence-electron chi connectivity index (χ0n) is 14.7. The smallest absolute Gasteiger partial charge is 0.257 e. The van der Waals surface area contributed by atoms with Gasteiger partial charge in [-0.25, -0.2) is 0 Å². The highest BCUT2D eigenvalue weighted by Gasteiger charge is 2.25. The van der Waals surface area contributed by atoms with Crippen LogP contribution < -0.4 is 5.32 Å². The molecule has 0 aliphatic carbocycles. The average molecular weight is 393 g/mol. The number of thioether (sulfide) groups is 1. The number of amides is 1. The molecule has 1 aromatic rings. The summed E-state index contributed by atoms with van der Waals surface area (Å²) in [6.07, 6.45) is 3.04. The van der Waals surface area contributed by atoms with Gasteiger partial charge >= 0.3 is 0 Å². The molecule has 1 aromatic carbocycles. The average Bonchev–Trinajstić information content (AvgIpc) is 3.28. The van der Waals surface area contributed by atoms with Crippen molar-refractivity contribution >= 4 is 40.8 Å². The van der Waals surface area contributed by atoms with Crippen molar-refractivity contribution in [1.29, 1.82) is 5.41 Å². The molecule has 0 fully saturated rings. The van der Waals surface area contributed by atoms with Crippen molar-refractivity contribution in [3.8, 4) is 0 Å². The molecule has 2 atom stereocenters. The van der Waals surface area contributed by atoms with Crippen LogP contribution in [0.15, 0.2) is 40.4 Å². The summed E-state index contributed by atoms with van der Waals surface area (Å²) in [5, 5.41) is 15.0. The molecular weight excluding hydrogens is 372 g/mol. The monoisotopic (exact) mass is 392 g/mol. The molecule has 138 valence electrons. The largest absolute Gasteiger partial charge is 0.390 e. The maximum atomic E-state index is 12.1. The molecule has 26 heavy (non-hydrogen) atoms. The fourth-order valence-corrected chi connectivity index (χ4v) is 3.88. The van der Waals surface area contributed by atoms with Crippen molar-refractivity contribution < 1.29 is 9.63 Å². The van der Waals surface area contributed by atoms with E-state index in [9.17, 15) is 4.79 Å². The second-order valence-electron chi connectivity index (χ2n) is 6.33. The number of allylic oxidation sites excluding steroid dienone is 1. The Morgan fingerprint density at radius 2 is 2.15 bits per heavy atom. The second kappa shape index (κ2) is 8.14. The first-order valence-corrected chi connectivity index (χ1v) is 9.64. The van der Waals surface area contributed by atoms with E-state index >= 15 is 0 Å². The molecule has 2 unspecified atom stereocenters. The van der Waals surface area contributed by atoms with Gasteiger partial charge in [0.2, 0.25) is 0 Å². The number of hydrogen-bond donors (Lipinski definition) is 2. The molecule has 2 heterocycles. The van der Waals surface area contributed by atoms with E-state index in [4.69, 9.17) is 21.8 Å². The number of hydrogen-bond acceptors (Lipinski definition) is 5. The molecule has 2 N–H and O–H groups in total. The normalized spacial score (nSPS) is 21.7. The first kappa shape index (κ1) is 18.8. The van der Waals surface area contributed by atoms with Crippen LogP contribution in [0.2, 0.25) is 0 Å². The first-order valence-electron chi connectivity index (χ1n) is 8.32. The zero-order chi connectivity index (χ0) is 18.7. The van der Waals surface area contributed by atoms with Crippen LogP contribution in [0.5, 0.6) is 0 Å². The third kappa shape index (κ3) is 4.40. The minimum Gasteiger partial charge on any atom is -0.390 e. The van der Waals surface area contributed by atoms with Gasteiger partial charge in [-0.1, -0.05) is 35.5 Å². The number of carbonyl (C=O) groups excluding carboxylic acids is 1. The van der Waals surface area contributed by atoms with Gasteiger partial charge in [0.25, 0.3) is 5.91 Å². The molecule has 8 heteroatoms. The quantitative estimate of drug-likeness (QED) is 0.459. The molecule has 0 radical (unpaired) electrons. The van der Waals surface area contributed by atoms with Crippen molar-refractivity contribution in [2.75, 3.05) is 20.6 Å². The summed E-state index contributed by atoms with van der Waals surface area (Å²) in [5.41, 5.74) is 2.66. The van der Waals surface area contributed by atoms with Crippen LogP contribution in [0, 0.1) is 5.41 Å². The van der Waals surface area contributed by atoms with Gasteiger partial charge in [-0.2, -0.15) is 0 Å². The summed E-state index contributed by atoms with van der Waals surface area (Å²) in [4.78, 5) is 19.9.